The van der Waals surface area contributed by atoms with Crippen molar-refractivity contribution in [3.63, 3.8) is 0 Å². The van der Waals surface area contributed by atoms with Crippen LogP contribution in [-0.4, -0.2) is 95.5 Å². The Morgan fingerprint density at radius 3 is 1.74 bits per heavy atom. The SMILES string of the molecule is O=C(O)CCCCCCCCCCC(=O)NC(CCC(=O)N(CCOCCC(=O)P)CCOCCC(=O)PP)C(=O)O. The van der Waals surface area contributed by atoms with Crippen molar-refractivity contribution in [1.29, 1.82) is 0 Å². The standard InChI is InChI=1S/C27H49N2O10P3/c30-22(9-7-5-3-1-2-4-6-8-10-24(32)33)28-21(27(36)37)11-12-23(31)29(15-19-38-17-13-25(34)40)16-20-39-18-14-26(35)42-41/h21,42H,1-20,40-41H2,(H,28,30)(H,32,33)(H,36,37). The molecule has 0 saturated heterocycles. The number of nitrogens with zero attached hydrogens (tertiary/aromatic N) is 1. The molecule has 0 aromatic heterocycles. The van der Waals surface area contributed by atoms with Crippen molar-refractivity contribution in [2.75, 3.05) is 39.5 Å². The van der Waals surface area contributed by atoms with Gasteiger partial charge in [-0.25, -0.2) is 4.79 Å². The van der Waals surface area contributed by atoms with E-state index in [9.17, 15) is 33.9 Å². The van der Waals surface area contributed by atoms with Crippen molar-refractivity contribution in [2.24, 2.45) is 0 Å². The highest BCUT2D eigenvalue weighted by Gasteiger charge is 2.23. The molecule has 0 radical (unpaired) electrons. The van der Waals surface area contributed by atoms with Crippen LogP contribution in [0.1, 0.15) is 89.9 Å². The highest BCUT2D eigenvalue weighted by Crippen LogP contribution is 2.22. The maximum absolute atomic E-state index is 12.9. The highest BCUT2D eigenvalue weighted by atomic mass is 32.0. The second-order valence-corrected chi connectivity index (χ2v) is 12.2. The zero-order valence-corrected chi connectivity index (χ0v) is 27.8. The second kappa shape index (κ2) is 27.0. The number of aliphatic carboxylic acids is 2. The molecule has 2 amide bonds. The maximum Gasteiger partial charge on any atom is 0.326 e. The molecule has 242 valence electrons. The third-order valence-electron chi connectivity index (χ3n) is 6.32. The predicted octanol–water partition coefficient (Wildman–Crippen LogP) is 3.36. The minimum atomic E-state index is -1.21. The van der Waals surface area contributed by atoms with Gasteiger partial charge in [0.15, 0.2) is 11.0 Å². The molecule has 0 bridgehead atoms. The van der Waals surface area contributed by atoms with Crippen LogP contribution in [-0.2, 0) is 38.2 Å². The van der Waals surface area contributed by atoms with E-state index in [1.54, 1.807) is 0 Å². The summed E-state index contributed by atoms with van der Waals surface area (Å²) < 4.78 is 10.9. The summed E-state index contributed by atoms with van der Waals surface area (Å²) in [5.74, 6) is -2.66. The third kappa shape index (κ3) is 25.0. The fourth-order valence-electron chi connectivity index (χ4n) is 3.90. The van der Waals surface area contributed by atoms with Gasteiger partial charge in [-0.3, -0.25) is 24.0 Å². The van der Waals surface area contributed by atoms with Crippen LogP contribution in [0.4, 0.5) is 0 Å². The van der Waals surface area contributed by atoms with Crippen LogP contribution in [0.5, 0.6) is 0 Å². The van der Waals surface area contributed by atoms with Crippen LogP contribution in [0.25, 0.3) is 0 Å². The Morgan fingerprint density at radius 1 is 0.714 bits per heavy atom. The first-order valence-electron chi connectivity index (χ1n) is 14.5. The Bertz CT molecular complexity index is 832. The first kappa shape index (κ1) is 40.4. The van der Waals surface area contributed by atoms with E-state index in [0.29, 0.717) is 12.8 Å². The quantitative estimate of drug-likeness (QED) is 0.0801. The van der Waals surface area contributed by atoms with Gasteiger partial charge in [0.05, 0.1) is 26.4 Å². The fourth-order valence-corrected chi connectivity index (χ4v) is 4.69. The summed E-state index contributed by atoms with van der Waals surface area (Å²) in [6, 6.07) is -1.19. The largest absolute Gasteiger partial charge is 0.481 e. The molecule has 4 unspecified atom stereocenters. The number of carboxylic acid groups (broad SMARTS) is 2. The molecule has 0 saturated carbocycles. The molecule has 42 heavy (non-hydrogen) atoms. The lowest BCUT2D eigenvalue weighted by Gasteiger charge is -2.23. The van der Waals surface area contributed by atoms with E-state index >= 15 is 0 Å². The summed E-state index contributed by atoms with van der Waals surface area (Å²) in [6.07, 6.45) is 7.81. The van der Waals surface area contributed by atoms with E-state index in [2.05, 4.69) is 23.5 Å². The van der Waals surface area contributed by atoms with Gasteiger partial charge in [0.2, 0.25) is 11.8 Å². The number of amides is 2. The first-order valence-corrected chi connectivity index (χ1v) is 17.9. The van der Waals surface area contributed by atoms with Crippen molar-refractivity contribution in [3.8, 4) is 0 Å². The normalized spacial score (nSPS) is 11.9. The zero-order valence-electron chi connectivity index (χ0n) is 24.5. The summed E-state index contributed by atoms with van der Waals surface area (Å²) >= 11 is 0. The van der Waals surface area contributed by atoms with Crippen LogP contribution >= 0.6 is 26.4 Å². The topological polar surface area (TPSA) is 177 Å². The van der Waals surface area contributed by atoms with Gasteiger partial charge >= 0.3 is 11.9 Å². The van der Waals surface area contributed by atoms with Gasteiger partial charge in [0.25, 0.3) is 0 Å². The Labute approximate surface area is 255 Å². The number of nitrogens with one attached hydrogen (secondary N) is 1. The van der Waals surface area contributed by atoms with E-state index in [1.807, 2.05) is 0 Å². The van der Waals surface area contributed by atoms with E-state index < -0.39 is 18.0 Å². The molecule has 0 aliphatic rings. The molecule has 0 fully saturated rings. The van der Waals surface area contributed by atoms with Crippen molar-refractivity contribution in [2.45, 2.75) is 95.9 Å². The third-order valence-corrected chi connectivity index (χ3v) is 8.14. The number of carbonyl (C=O) groups excluding carboxylic acids is 4. The van der Waals surface area contributed by atoms with Crippen molar-refractivity contribution in [3.05, 3.63) is 0 Å². The molecule has 0 aromatic rings. The molecule has 0 aliphatic heterocycles. The Kier molecular flexibility index (Phi) is 26.0. The number of rotatable bonds is 29. The average Bonchev–Trinajstić information content (AvgIpc) is 2.93. The van der Waals surface area contributed by atoms with E-state index in [0.717, 1.165) is 38.5 Å². The number of unbranched alkanes of at least 4 members (excludes halogenated alkanes) is 7. The average molecular weight is 655 g/mol. The molecule has 0 spiro atoms. The molecular weight excluding hydrogens is 605 g/mol. The Balaban J connectivity index is 4.49. The lowest BCUT2D eigenvalue weighted by atomic mass is 10.1. The summed E-state index contributed by atoms with van der Waals surface area (Å²) in [5, 5.41) is 20.7. The molecule has 3 N–H and O–H groups in total. The van der Waals surface area contributed by atoms with Gasteiger partial charge in [0.1, 0.15) is 6.04 Å². The molecular formula is C27H49N2O10P3. The molecule has 0 aliphatic carbocycles. The second-order valence-electron chi connectivity index (χ2n) is 9.86. The molecule has 12 nitrogen and oxygen atoms in total. The highest BCUT2D eigenvalue weighted by molar-refractivity contribution is 8.11. The molecule has 0 heterocycles. The van der Waals surface area contributed by atoms with Crippen molar-refractivity contribution >= 4 is 61.2 Å². The van der Waals surface area contributed by atoms with E-state index in [4.69, 9.17) is 14.6 Å². The Hall–Kier alpha value is -1.57. The summed E-state index contributed by atoms with van der Waals surface area (Å²) in [5.41, 5.74) is -0.00564. The van der Waals surface area contributed by atoms with Gasteiger partial charge in [-0.2, -0.15) is 0 Å². The van der Waals surface area contributed by atoms with Crippen LogP contribution in [0.2, 0.25) is 0 Å². The number of carbonyl (C=O) groups is 6. The lowest BCUT2D eigenvalue weighted by Crippen LogP contribution is -2.42. The first-order chi connectivity index (χ1) is 20.1. The van der Waals surface area contributed by atoms with Crippen LogP contribution < -0.4 is 5.32 Å². The molecule has 4 atom stereocenters. The molecule has 0 rings (SSSR count). The summed E-state index contributed by atoms with van der Waals surface area (Å²) in [4.78, 5) is 71.4. The van der Waals surface area contributed by atoms with Crippen molar-refractivity contribution < 1.29 is 48.5 Å². The summed E-state index contributed by atoms with van der Waals surface area (Å²) in [7, 11) is 4.58. The van der Waals surface area contributed by atoms with Gasteiger partial charge in [0, 0.05) is 45.2 Å². The van der Waals surface area contributed by atoms with Crippen LogP contribution in [0.15, 0.2) is 0 Å². The van der Waals surface area contributed by atoms with Gasteiger partial charge in [-0.15, -0.1) is 8.93 Å². The minimum absolute atomic E-state index is 0.0643. The van der Waals surface area contributed by atoms with Gasteiger partial charge in [-0.1, -0.05) is 47.8 Å². The molecule has 15 heteroatoms. The lowest BCUT2D eigenvalue weighted by molar-refractivity contribution is -0.142. The van der Waals surface area contributed by atoms with Gasteiger partial charge in [-0.05, 0) is 27.5 Å². The van der Waals surface area contributed by atoms with E-state index in [1.165, 1.54) is 4.90 Å². The number of carboxylic acids is 2. The van der Waals surface area contributed by atoms with Crippen LogP contribution in [0, 0.1) is 0 Å². The van der Waals surface area contributed by atoms with Gasteiger partial charge < -0.3 is 29.9 Å². The zero-order chi connectivity index (χ0) is 31.6. The van der Waals surface area contributed by atoms with E-state index in [-0.39, 0.29) is 109 Å². The maximum atomic E-state index is 12.9. The van der Waals surface area contributed by atoms with Crippen molar-refractivity contribution in [1.82, 2.24) is 10.2 Å². The molecule has 0 aromatic carbocycles. The number of hydrogen-bond acceptors (Lipinski definition) is 8. The minimum Gasteiger partial charge on any atom is -0.481 e. The number of ether oxygens (including phenoxy) is 2. The number of hydrogen-bond donors (Lipinski definition) is 3. The smallest absolute Gasteiger partial charge is 0.326 e. The fraction of sp³-hybridized carbons (Fsp3) is 0.778. The van der Waals surface area contributed by atoms with Crippen LogP contribution in [0.3, 0.4) is 0 Å². The monoisotopic (exact) mass is 654 g/mol. The predicted molar refractivity (Wildman–Crippen MR) is 168 cm³/mol. The summed E-state index contributed by atoms with van der Waals surface area (Å²) in [6.45, 7) is 1.32. The Morgan fingerprint density at radius 2 is 1.24 bits per heavy atom.